The number of nitrogens with two attached hydrogens (primary N) is 1. The molecule has 0 aliphatic carbocycles. The van der Waals surface area contributed by atoms with Crippen molar-refractivity contribution >= 4 is 11.6 Å². The molecule has 6 heteroatoms. The van der Waals surface area contributed by atoms with Crippen molar-refractivity contribution in [3.05, 3.63) is 11.9 Å². The van der Waals surface area contributed by atoms with Crippen molar-refractivity contribution in [2.24, 2.45) is 5.73 Å². The molecule has 1 aromatic rings. The van der Waals surface area contributed by atoms with Gasteiger partial charge in [0.05, 0.1) is 17.6 Å². The number of carbonyl (C=O) groups is 1. The van der Waals surface area contributed by atoms with Crippen molar-refractivity contribution in [2.45, 2.75) is 45.1 Å². The fraction of sp³-hybridized carbons (Fsp3) is 0.714. The number of hydrogen-bond acceptors (Lipinski definition) is 4. The molecule has 0 bridgehead atoms. The summed E-state index contributed by atoms with van der Waals surface area (Å²) in [6.07, 6.45) is 3.93. The maximum atomic E-state index is 11.2. The van der Waals surface area contributed by atoms with Gasteiger partial charge in [-0.2, -0.15) is 5.10 Å². The van der Waals surface area contributed by atoms with E-state index in [1.807, 2.05) is 0 Å². The van der Waals surface area contributed by atoms with E-state index in [0.717, 1.165) is 43.9 Å². The van der Waals surface area contributed by atoms with E-state index in [0.29, 0.717) is 5.92 Å². The number of amides is 1. The number of nitrogens with zero attached hydrogens (tertiary/aromatic N) is 2. The summed E-state index contributed by atoms with van der Waals surface area (Å²) in [6.45, 7) is 8.54. The smallest absolute Gasteiger partial charge is 0.221 e. The van der Waals surface area contributed by atoms with Gasteiger partial charge in [-0.1, -0.05) is 0 Å². The highest BCUT2D eigenvalue weighted by atomic mass is 16.1. The molecule has 0 radical (unpaired) electrons. The summed E-state index contributed by atoms with van der Waals surface area (Å²) >= 11 is 0. The van der Waals surface area contributed by atoms with Crippen molar-refractivity contribution in [1.29, 1.82) is 0 Å². The lowest BCUT2D eigenvalue weighted by molar-refractivity contribution is -0.114. The molecule has 1 aromatic heterocycles. The number of rotatable bonds is 4. The molecule has 0 aromatic carbocycles. The minimum Gasteiger partial charge on any atom is -0.324 e. The Labute approximate surface area is 120 Å². The average molecular weight is 279 g/mol. The van der Waals surface area contributed by atoms with E-state index in [-0.39, 0.29) is 11.4 Å². The lowest BCUT2D eigenvalue weighted by Crippen LogP contribution is -2.48. The van der Waals surface area contributed by atoms with Gasteiger partial charge in [0, 0.05) is 31.5 Å². The molecule has 6 nitrogen and oxygen atoms in total. The largest absolute Gasteiger partial charge is 0.324 e. The number of H-pyrrole nitrogens is 1. The van der Waals surface area contributed by atoms with E-state index in [9.17, 15) is 4.79 Å². The van der Waals surface area contributed by atoms with Crippen LogP contribution in [0.5, 0.6) is 0 Å². The molecule has 0 saturated carbocycles. The zero-order valence-corrected chi connectivity index (χ0v) is 12.6. The number of hydrogen-bond donors (Lipinski definition) is 3. The fourth-order valence-corrected chi connectivity index (χ4v) is 2.91. The van der Waals surface area contributed by atoms with Crippen LogP contribution < -0.4 is 11.1 Å². The Morgan fingerprint density at radius 1 is 1.65 bits per heavy atom. The van der Waals surface area contributed by atoms with E-state index in [1.54, 1.807) is 6.20 Å². The van der Waals surface area contributed by atoms with E-state index in [2.05, 4.69) is 34.3 Å². The topological polar surface area (TPSA) is 87.0 Å². The first kappa shape index (κ1) is 15.0. The Bertz CT molecular complexity index is 462. The van der Waals surface area contributed by atoms with Gasteiger partial charge in [0.25, 0.3) is 0 Å². The van der Waals surface area contributed by atoms with E-state index >= 15 is 0 Å². The highest BCUT2D eigenvalue weighted by Gasteiger charge is 2.27. The van der Waals surface area contributed by atoms with Gasteiger partial charge < -0.3 is 16.0 Å². The lowest BCUT2D eigenvalue weighted by Gasteiger charge is -2.36. The Morgan fingerprint density at radius 2 is 2.40 bits per heavy atom. The summed E-state index contributed by atoms with van der Waals surface area (Å²) in [5.41, 5.74) is 7.75. The van der Waals surface area contributed by atoms with Gasteiger partial charge in [-0.05, 0) is 33.2 Å². The van der Waals surface area contributed by atoms with Crippen LogP contribution in [0.3, 0.4) is 0 Å². The van der Waals surface area contributed by atoms with Crippen molar-refractivity contribution in [2.75, 3.05) is 25.0 Å². The summed E-state index contributed by atoms with van der Waals surface area (Å²) in [5, 5.41) is 9.95. The van der Waals surface area contributed by atoms with Crippen LogP contribution in [0.2, 0.25) is 0 Å². The van der Waals surface area contributed by atoms with Gasteiger partial charge in [-0.25, -0.2) is 0 Å². The first-order chi connectivity index (χ1) is 9.35. The molecule has 1 saturated heterocycles. The average Bonchev–Trinajstić information content (AvgIpc) is 2.74. The lowest BCUT2D eigenvalue weighted by atomic mass is 9.92. The summed E-state index contributed by atoms with van der Waals surface area (Å²) in [4.78, 5) is 13.6. The van der Waals surface area contributed by atoms with Crippen LogP contribution in [0.15, 0.2) is 6.20 Å². The van der Waals surface area contributed by atoms with E-state index < -0.39 is 0 Å². The minimum atomic E-state index is -0.184. The molecule has 112 valence electrons. The molecule has 2 rings (SSSR count). The van der Waals surface area contributed by atoms with Crippen LogP contribution in [0.4, 0.5) is 5.69 Å². The molecule has 1 aliphatic heterocycles. The highest BCUT2D eigenvalue weighted by molar-refractivity contribution is 5.89. The molecule has 2 heterocycles. The zero-order valence-electron chi connectivity index (χ0n) is 12.6. The number of nitrogens with one attached hydrogen (secondary N) is 2. The summed E-state index contributed by atoms with van der Waals surface area (Å²) in [5.74, 6) is 0.304. The van der Waals surface area contributed by atoms with Gasteiger partial charge in [0.15, 0.2) is 0 Å². The molecule has 1 fully saturated rings. The molecule has 20 heavy (non-hydrogen) atoms. The molecular formula is C14H25N5O. The first-order valence-corrected chi connectivity index (χ1v) is 7.17. The standard InChI is InChI=1S/C14H25N5O/c1-10(20)17-12-7-16-18-13(12)11-5-4-6-19(8-11)9-14(2,3)15/h7,11H,4-6,8-9,15H2,1-3H3,(H,16,18)(H,17,20)/t11-/m1/s1. The second kappa shape index (κ2) is 5.93. The molecule has 1 atom stereocenters. The van der Waals surface area contributed by atoms with Crippen LogP contribution in [0.1, 0.15) is 45.2 Å². The third-order valence-corrected chi connectivity index (χ3v) is 3.52. The highest BCUT2D eigenvalue weighted by Crippen LogP contribution is 2.30. The summed E-state index contributed by atoms with van der Waals surface area (Å²) in [6, 6.07) is 0. The van der Waals surface area contributed by atoms with Crippen LogP contribution in [0, 0.1) is 0 Å². The number of likely N-dealkylation sites (tertiary alicyclic amines) is 1. The number of aromatic amines is 1. The van der Waals surface area contributed by atoms with Crippen LogP contribution in [-0.2, 0) is 4.79 Å². The van der Waals surface area contributed by atoms with Crippen molar-refractivity contribution in [3.8, 4) is 0 Å². The van der Waals surface area contributed by atoms with Crippen LogP contribution in [0.25, 0.3) is 0 Å². The summed E-state index contributed by atoms with van der Waals surface area (Å²) in [7, 11) is 0. The second-order valence-electron chi connectivity index (χ2n) is 6.44. The Hall–Kier alpha value is -1.40. The number of carbonyl (C=O) groups excluding carboxylic acids is 1. The van der Waals surface area contributed by atoms with E-state index in [1.165, 1.54) is 6.92 Å². The van der Waals surface area contributed by atoms with Gasteiger partial charge in [-0.15, -0.1) is 0 Å². The van der Waals surface area contributed by atoms with E-state index in [4.69, 9.17) is 5.73 Å². The van der Waals surface area contributed by atoms with Crippen molar-refractivity contribution < 1.29 is 4.79 Å². The number of anilines is 1. The minimum absolute atomic E-state index is 0.0663. The third kappa shape index (κ3) is 4.05. The molecule has 0 unspecified atom stereocenters. The third-order valence-electron chi connectivity index (χ3n) is 3.52. The Kier molecular flexibility index (Phi) is 4.45. The van der Waals surface area contributed by atoms with Gasteiger partial charge in [0.2, 0.25) is 5.91 Å². The second-order valence-corrected chi connectivity index (χ2v) is 6.44. The monoisotopic (exact) mass is 279 g/mol. The predicted octanol–water partition coefficient (Wildman–Crippen LogP) is 1.28. The molecule has 1 aliphatic rings. The van der Waals surface area contributed by atoms with Gasteiger partial charge >= 0.3 is 0 Å². The first-order valence-electron chi connectivity index (χ1n) is 7.17. The van der Waals surface area contributed by atoms with Crippen LogP contribution >= 0.6 is 0 Å². The Morgan fingerprint density at radius 3 is 3.05 bits per heavy atom. The van der Waals surface area contributed by atoms with Crippen molar-refractivity contribution in [3.63, 3.8) is 0 Å². The maximum absolute atomic E-state index is 11.2. The number of aromatic nitrogens is 2. The fourth-order valence-electron chi connectivity index (χ4n) is 2.91. The molecular weight excluding hydrogens is 254 g/mol. The number of piperidine rings is 1. The Balaban J connectivity index is 2.05. The molecule has 1 amide bonds. The summed E-state index contributed by atoms with van der Waals surface area (Å²) < 4.78 is 0. The van der Waals surface area contributed by atoms with Crippen molar-refractivity contribution in [1.82, 2.24) is 15.1 Å². The predicted molar refractivity (Wildman–Crippen MR) is 79.6 cm³/mol. The SMILES string of the molecule is CC(=O)Nc1cn[nH]c1[C@@H]1CCCN(CC(C)(C)N)C1. The van der Waals surface area contributed by atoms with Gasteiger partial charge in [-0.3, -0.25) is 9.89 Å². The van der Waals surface area contributed by atoms with Crippen LogP contribution in [-0.4, -0.2) is 46.2 Å². The maximum Gasteiger partial charge on any atom is 0.221 e. The molecule has 4 N–H and O–H groups in total. The quantitative estimate of drug-likeness (QED) is 0.775. The molecule has 0 spiro atoms. The van der Waals surface area contributed by atoms with Gasteiger partial charge in [0.1, 0.15) is 0 Å². The normalized spacial score (nSPS) is 20.9. The zero-order chi connectivity index (χ0) is 14.8.